The first-order valence-electron chi connectivity index (χ1n) is 10.9. The van der Waals surface area contributed by atoms with Crippen LogP contribution in [0.2, 0.25) is 0 Å². The van der Waals surface area contributed by atoms with Gasteiger partial charge in [0.1, 0.15) is 0 Å². The molecule has 0 unspecified atom stereocenters. The number of carbonyl (C=O) groups is 3. The maximum atomic E-state index is 12.7. The van der Waals surface area contributed by atoms with E-state index in [1.807, 2.05) is 21.8 Å². The van der Waals surface area contributed by atoms with E-state index in [9.17, 15) is 9.59 Å². The number of amides is 2. The zero-order chi connectivity index (χ0) is 22.9. The predicted octanol–water partition coefficient (Wildman–Crippen LogP) is 0.496. The molecule has 0 spiro atoms. The Morgan fingerprint density at radius 1 is 1.31 bits per heavy atom. The number of aromatic nitrogens is 4. The Balaban J connectivity index is 0.000000913. The molecule has 2 aromatic heterocycles. The van der Waals surface area contributed by atoms with Crippen LogP contribution in [0, 0.1) is 0 Å². The Kier molecular flexibility index (Phi) is 8.37. The van der Waals surface area contributed by atoms with Crippen LogP contribution in [0.25, 0.3) is 0 Å². The van der Waals surface area contributed by atoms with E-state index in [1.54, 1.807) is 6.20 Å². The summed E-state index contributed by atoms with van der Waals surface area (Å²) in [4.78, 5) is 37.7. The number of carbonyl (C=O) groups excluding carboxylic acids is 2. The van der Waals surface area contributed by atoms with Crippen LogP contribution in [0.4, 0.5) is 0 Å². The first-order valence-corrected chi connectivity index (χ1v) is 10.9. The molecule has 4 heterocycles. The summed E-state index contributed by atoms with van der Waals surface area (Å²) in [6, 6.07) is 2.09. The summed E-state index contributed by atoms with van der Waals surface area (Å²) >= 11 is 0. The summed E-state index contributed by atoms with van der Waals surface area (Å²) in [5.41, 5.74) is 2.32. The minimum atomic E-state index is -0.250. The average Bonchev–Trinajstić information content (AvgIpc) is 3.45. The van der Waals surface area contributed by atoms with Crippen LogP contribution in [0.1, 0.15) is 47.4 Å². The van der Waals surface area contributed by atoms with E-state index in [2.05, 4.69) is 32.6 Å². The number of nitrogens with zero attached hydrogens (tertiary/aromatic N) is 5. The minimum Gasteiger partial charge on any atom is -0.483 e. The van der Waals surface area contributed by atoms with Gasteiger partial charge in [-0.2, -0.15) is 10.2 Å². The molecule has 32 heavy (non-hydrogen) atoms. The number of aryl methyl sites for hydroxylation is 1. The maximum Gasteiger partial charge on any atom is 0.290 e. The van der Waals surface area contributed by atoms with Crippen LogP contribution < -0.4 is 5.32 Å². The van der Waals surface area contributed by atoms with Gasteiger partial charge in [0.05, 0.1) is 12.2 Å². The molecule has 0 aliphatic carbocycles. The van der Waals surface area contributed by atoms with Crippen molar-refractivity contribution in [1.82, 2.24) is 35.1 Å². The van der Waals surface area contributed by atoms with Gasteiger partial charge in [-0.05, 0) is 51.9 Å². The lowest BCUT2D eigenvalue weighted by Crippen LogP contribution is -2.43. The monoisotopic (exact) mass is 445 g/mol. The first kappa shape index (κ1) is 23.5. The quantitative estimate of drug-likeness (QED) is 0.551. The summed E-state index contributed by atoms with van der Waals surface area (Å²) in [6.45, 7) is 3.61. The molecule has 2 amide bonds. The van der Waals surface area contributed by atoms with E-state index in [-0.39, 0.29) is 24.3 Å². The maximum absolute atomic E-state index is 12.7. The van der Waals surface area contributed by atoms with E-state index >= 15 is 0 Å². The molecule has 11 nitrogen and oxygen atoms in total. The van der Waals surface area contributed by atoms with Gasteiger partial charge in [0.15, 0.2) is 5.69 Å². The van der Waals surface area contributed by atoms with Crippen molar-refractivity contribution in [3.8, 4) is 0 Å². The SMILES string of the molecule is CN1CCC(NC(=O)c2n[nH]c3c2CCN(C(=O)CCCn2cccn2)C3)CC1.O=CO. The molecular weight excluding hydrogens is 414 g/mol. The summed E-state index contributed by atoms with van der Waals surface area (Å²) in [5, 5.41) is 21.4. The van der Waals surface area contributed by atoms with Gasteiger partial charge in [-0.25, -0.2) is 0 Å². The molecule has 0 radical (unpaired) electrons. The number of likely N-dealkylation sites (tertiary alicyclic amines) is 1. The van der Waals surface area contributed by atoms with Gasteiger partial charge < -0.3 is 20.2 Å². The lowest BCUT2D eigenvalue weighted by atomic mass is 10.0. The van der Waals surface area contributed by atoms with Crippen LogP contribution >= 0.6 is 0 Å². The highest BCUT2D eigenvalue weighted by Gasteiger charge is 2.28. The molecule has 0 atom stereocenters. The van der Waals surface area contributed by atoms with Gasteiger partial charge in [-0.1, -0.05) is 0 Å². The largest absolute Gasteiger partial charge is 0.483 e. The molecule has 2 aromatic rings. The Labute approximate surface area is 186 Å². The fourth-order valence-electron chi connectivity index (χ4n) is 4.11. The Morgan fingerprint density at radius 2 is 2.06 bits per heavy atom. The van der Waals surface area contributed by atoms with E-state index in [0.29, 0.717) is 31.6 Å². The second kappa shape index (κ2) is 11.4. The molecular formula is C21H31N7O4. The normalized spacial score (nSPS) is 16.6. The molecule has 1 fully saturated rings. The topological polar surface area (TPSA) is 136 Å². The Morgan fingerprint density at radius 3 is 2.75 bits per heavy atom. The number of aromatic amines is 1. The number of H-pyrrole nitrogens is 1. The van der Waals surface area contributed by atoms with E-state index in [0.717, 1.165) is 50.2 Å². The van der Waals surface area contributed by atoms with Gasteiger partial charge in [-0.3, -0.25) is 24.2 Å². The molecule has 0 aromatic carbocycles. The highest BCUT2D eigenvalue weighted by Crippen LogP contribution is 2.21. The molecule has 2 aliphatic heterocycles. The fraction of sp³-hybridized carbons (Fsp3) is 0.571. The number of fused-ring (bicyclic) bond motifs is 1. The van der Waals surface area contributed by atoms with E-state index < -0.39 is 0 Å². The van der Waals surface area contributed by atoms with Gasteiger partial charge in [0, 0.05) is 43.5 Å². The molecule has 4 rings (SSSR count). The average molecular weight is 446 g/mol. The Bertz CT molecular complexity index is 888. The van der Waals surface area contributed by atoms with Crippen molar-refractivity contribution in [1.29, 1.82) is 0 Å². The van der Waals surface area contributed by atoms with Gasteiger partial charge in [0.25, 0.3) is 12.4 Å². The number of hydrogen-bond donors (Lipinski definition) is 3. The van der Waals surface area contributed by atoms with Crippen LogP contribution in [-0.4, -0.2) is 85.9 Å². The second-order valence-corrected chi connectivity index (χ2v) is 8.12. The number of hydrogen-bond acceptors (Lipinski definition) is 6. The van der Waals surface area contributed by atoms with Crippen molar-refractivity contribution in [3.63, 3.8) is 0 Å². The lowest BCUT2D eigenvalue weighted by Gasteiger charge is -2.29. The highest BCUT2D eigenvalue weighted by molar-refractivity contribution is 5.94. The molecule has 11 heteroatoms. The molecule has 2 aliphatic rings. The number of nitrogens with one attached hydrogen (secondary N) is 2. The van der Waals surface area contributed by atoms with Gasteiger partial charge in [-0.15, -0.1) is 0 Å². The molecule has 1 saturated heterocycles. The second-order valence-electron chi connectivity index (χ2n) is 8.12. The highest BCUT2D eigenvalue weighted by atomic mass is 16.3. The van der Waals surface area contributed by atoms with Crippen molar-refractivity contribution in [2.75, 3.05) is 26.7 Å². The van der Waals surface area contributed by atoms with Crippen LogP contribution in [0.3, 0.4) is 0 Å². The number of piperidine rings is 1. The summed E-state index contributed by atoms with van der Waals surface area (Å²) in [7, 11) is 2.10. The zero-order valence-corrected chi connectivity index (χ0v) is 18.4. The summed E-state index contributed by atoms with van der Waals surface area (Å²) in [5.74, 6) is 0.0331. The minimum absolute atomic E-state index is 0.101. The van der Waals surface area contributed by atoms with E-state index in [4.69, 9.17) is 9.90 Å². The summed E-state index contributed by atoms with van der Waals surface area (Å²) in [6.07, 6.45) is 7.50. The van der Waals surface area contributed by atoms with Crippen molar-refractivity contribution < 1.29 is 19.5 Å². The fourth-order valence-corrected chi connectivity index (χ4v) is 4.11. The smallest absolute Gasteiger partial charge is 0.290 e. The van der Waals surface area contributed by atoms with Crippen molar-refractivity contribution in [2.45, 2.75) is 51.2 Å². The molecule has 174 valence electrons. The predicted molar refractivity (Wildman–Crippen MR) is 116 cm³/mol. The molecule has 0 saturated carbocycles. The molecule has 0 bridgehead atoms. The van der Waals surface area contributed by atoms with Gasteiger partial charge in [0.2, 0.25) is 5.91 Å². The third kappa shape index (κ3) is 6.16. The number of rotatable bonds is 6. The lowest BCUT2D eigenvalue weighted by molar-refractivity contribution is -0.132. The van der Waals surface area contributed by atoms with Crippen molar-refractivity contribution >= 4 is 18.3 Å². The third-order valence-electron chi connectivity index (χ3n) is 5.89. The standard InChI is InChI=1S/C20H29N7O2.CH2O2/c1-25-11-5-15(6-12-25)22-20(29)19-16-7-13-26(14-17(16)23-24-19)18(28)4-2-9-27-10-3-8-21-27;2-1-3/h3,8,10,15H,2,4-7,9,11-14H2,1H3,(H,22,29)(H,23,24);1H,(H,2,3). The van der Waals surface area contributed by atoms with Crippen LogP contribution in [0.15, 0.2) is 18.5 Å². The Hall–Kier alpha value is -3.21. The number of carboxylic acid groups (broad SMARTS) is 1. The van der Waals surface area contributed by atoms with Crippen molar-refractivity contribution in [3.05, 3.63) is 35.4 Å². The zero-order valence-electron chi connectivity index (χ0n) is 18.4. The van der Waals surface area contributed by atoms with Crippen LogP contribution in [0.5, 0.6) is 0 Å². The first-order chi connectivity index (χ1) is 15.5. The summed E-state index contributed by atoms with van der Waals surface area (Å²) < 4.78 is 1.84. The van der Waals surface area contributed by atoms with Crippen LogP contribution in [-0.2, 0) is 29.1 Å². The van der Waals surface area contributed by atoms with E-state index in [1.165, 1.54) is 0 Å². The third-order valence-corrected chi connectivity index (χ3v) is 5.89. The molecule has 3 N–H and O–H groups in total. The van der Waals surface area contributed by atoms with Gasteiger partial charge >= 0.3 is 0 Å². The van der Waals surface area contributed by atoms with Crippen molar-refractivity contribution in [2.24, 2.45) is 0 Å².